The summed E-state index contributed by atoms with van der Waals surface area (Å²) < 4.78 is 47.0. The maximum Gasteiger partial charge on any atom is 0.279 e. The van der Waals surface area contributed by atoms with E-state index in [2.05, 4.69) is 20.9 Å². The van der Waals surface area contributed by atoms with Gasteiger partial charge in [0.05, 0.1) is 5.56 Å². The standard InChI is InChI=1S/C7H2BrClF2N2O2S/c8-4-1-3(2-12)13-7(16(9,14)15)5(4)6(10)11/h1,6H. The van der Waals surface area contributed by atoms with E-state index in [0.717, 1.165) is 6.07 Å². The summed E-state index contributed by atoms with van der Waals surface area (Å²) in [4.78, 5) is 3.25. The number of hydrogen-bond donors (Lipinski definition) is 0. The smallest absolute Gasteiger partial charge is 0.224 e. The van der Waals surface area contributed by atoms with Crippen LogP contribution in [-0.2, 0) is 9.05 Å². The Hall–Kier alpha value is -0.780. The molecule has 0 unspecified atom stereocenters. The van der Waals surface area contributed by atoms with Gasteiger partial charge in [-0.15, -0.1) is 0 Å². The highest BCUT2D eigenvalue weighted by Gasteiger charge is 2.27. The fraction of sp³-hybridized carbons (Fsp3) is 0.143. The zero-order valence-corrected chi connectivity index (χ0v) is 10.4. The summed E-state index contributed by atoms with van der Waals surface area (Å²) in [6.07, 6.45) is -3.07. The number of aromatic nitrogens is 1. The third-order valence-electron chi connectivity index (χ3n) is 1.54. The quantitative estimate of drug-likeness (QED) is 0.781. The first-order valence-electron chi connectivity index (χ1n) is 3.60. The van der Waals surface area contributed by atoms with E-state index < -0.39 is 26.1 Å². The van der Waals surface area contributed by atoms with E-state index >= 15 is 0 Å². The van der Waals surface area contributed by atoms with Gasteiger partial charge in [-0.3, -0.25) is 0 Å². The number of nitrogens with zero attached hydrogens (tertiary/aromatic N) is 2. The third kappa shape index (κ3) is 2.66. The normalized spacial score (nSPS) is 11.5. The van der Waals surface area contributed by atoms with E-state index in [1.807, 2.05) is 0 Å². The summed E-state index contributed by atoms with van der Waals surface area (Å²) >= 11 is 2.74. The van der Waals surface area contributed by atoms with Gasteiger partial charge in [-0.05, 0) is 6.07 Å². The van der Waals surface area contributed by atoms with Crippen LogP contribution in [0.15, 0.2) is 15.6 Å². The Morgan fingerprint density at radius 1 is 1.56 bits per heavy atom. The van der Waals surface area contributed by atoms with Gasteiger partial charge in [0, 0.05) is 15.2 Å². The van der Waals surface area contributed by atoms with Crippen molar-refractivity contribution in [2.75, 3.05) is 0 Å². The molecule has 0 aliphatic carbocycles. The number of hydrogen-bond acceptors (Lipinski definition) is 4. The minimum Gasteiger partial charge on any atom is -0.224 e. The molecule has 0 radical (unpaired) electrons. The second kappa shape index (κ2) is 4.61. The molecule has 0 atom stereocenters. The first-order chi connectivity index (χ1) is 7.27. The molecule has 0 bridgehead atoms. The Kier molecular flexibility index (Phi) is 3.83. The van der Waals surface area contributed by atoms with Crippen molar-refractivity contribution in [1.82, 2.24) is 4.98 Å². The average Bonchev–Trinajstić information content (AvgIpc) is 2.14. The van der Waals surface area contributed by atoms with Crippen LogP contribution in [0.2, 0.25) is 0 Å². The van der Waals surface area contributed by atoms with Gasteiger partial charge in [0.1, 0.15) is 11.8 Å². The van der Waals surface area contributed by atoms with Crippen LogP contribution in [0.3, 0.4) is 0 Å². The monoisotopic (exact) mass is 330 g/mol. The molecule has 0 aromatic carbocycles. The lowest BCUT2D eigenvalue weighted by Gasteiger charge is -2.07. The second-order valence-corrected chi connectivity index (χ2v) is 5.89. The van der Waals surface area contributed by atoms with E-state index in [9.17, 15) is 17.2 Å². The van der Waals surface area contributed by atoms with Crippen LogP contribution in [0.5, 0.6) is 0 Å². The highest BCUT2D eigenvalue weighted by Crippen LogP contribution is 2.33. The fourth-order valence-corrected chi connectivity index (χ4v) is 2.67. The molecule has 0 aliphatic heterocycles. The SMILES string of the molecule is N#Cc1cc(Br)c(C(F)F)c(S(=O)(=O)Cl)n1. The van der Waals surface area contributed by atoms with Gasteiger partial charge in [0.15, 0.2) is 5.03 Å². The largest absolute Gasteiger partial charge is 0.279 e. The van der Waals surface area contributed by atoms with Crippen LogP contribution in [0, 0.1) is 11.3 Å². The van der Waals surface area contributed by atoms with Crippen LogP contribution in [0.25, 0.3) is 0 Å². The van der Waals surface area contributed by atoms with Gasteiger partial charge in [-0.1, -0.05) is 15.9 Å². The molecule has 0 aliphatic rings. The molecule has 0 fully saturated rings. The van der Waals surface area contributed by atoms with Crippen LogP contribution in [0.1, 0.15) is 17.7 Å². The Labute approximate surface area is 102 Å². The van der Waals surface area contributed by atoms with Crippen molar-refractivity contribution in [3.8, 4) is 6.07 Å². The van der Waals surface area contributed by atoms with Crippen LogP contribution >= 0.6 is 26.6 Å². The number of halogens is 4. The van der Waals surface area contributed by atoms with E-state index in [1.165, 1.54) is 6.07 Å². The lowest BCUT2D eigenvalue weighted by Crippen LogP contribution is -2.05. The maximum atomic E-state index is 12.6. The van der Waals surface area contributed by atoms with Crippen molar-refractivity contribution in [3.05, 3.63) is 21.8 Å². The van der Waals surface area contributed by atoms with Gasteiger partial charge in [-0.25, -0.2) is 22.2 Å². The van der Waals surface area contributed by atoms with Crippen LogP contribution in [0.4, 0.5) is 8.78 Å². The minimum absolute atomic E-state index is 0.228. The number of pyridine rings is 1. The Morgan fingerprint density at radius 2 is 2.12 bits per heavy atom. The van der Waals surface area contributed by atoms with Crippen LogP contribution in [-0.4, -0.2) is 13.4 Å². The van der Waals surface area contributed by atoms with E-state index in [-0.39, 0.29) is 10.2 Å². The molecule has 9 heteroatoms. The molecule has 0 N–H and O–H groups in total. The summed E-state index contributed by atoms with van der Waals surface area (Å²) in [7, 11) is 0.521. The van der Waals surface area contributed by atoms with Crippen molar-refractivity contribution in [2.45, 2.75) is 11.5 Å². The number of rotatable bonds is 2. The summed E-state index contributed by atoms with van der Waals surface area (Å²) in [6, 6.07) is 2.53. The van der Waals surface area contributed by atoms with Gasteiger partial charge in [-0.2, -0.15) is 5.26 Å². The van der Waals surface area contributed by atoms with E-state index in [0.29, 0.717) is 0 Å². The molecule has 0 saturated carbocycles. The van der Waals surface area contributed by atoms with Gasteiger partial charge < -0.3 is 0 Å². The second-order valence-electron chi connectivity index (χ2n) is 2.56. The topological polar surface area (TPSA) is 70.8 Å². The molecule has 0 spiro atoms. The minimum atomic E-state index is -4.43. The van der Waals surface area contributed by atoms with Crippen molar-refractivity contribution in [3.63, 3.8) is 0 Å². The number of nitriles is 1. The van der Waals surface area contributed by atoms with E-state index in [4.69, 9.17) is 15.9 Å². The lowest BCUT2D eigenvalue weighted by atomic mass is 10.2. The predicted molar refractivity (Wildman–Crippen MR) is 54.6 cm³/mol. The molecule has 1 aromatic rings. The molecule has 1 rings (SSSR count). The Bertz CT molecular complexity index is 570. The lowest BCUT2D eigenvalue weighted by molar-refractivity contribution is 0.146. The summed E-state index contributed by atoms with van der Waals surface area (Å²) in [6.45, 7) is 0. The maximum absolute atomic E-state index is 12.6. The molecule has 1 aromatic heterocycles. The summed E-state index contributed by atoms with van der Waals surface area (Å²) in [5.74, 6) is 0. The summed E-state index contributed by atoms with van der Waals surface area (Å²) in [5, 5.41) is 7.52. The molecule has 4 nitrogen and oxygen atoms in total. The average molecular weight is 332 g/mol. The Morgan fingerprint density at radius 3 is 2.50 bits per heavy atom. The zero-order chi connectivity index (χ0) is 12.5. The molecule has 0 amide bonds. The van der Waals surface area contributed by atoms with Crippen molar-refractivity contribution in [2.24, 2.45) is 0 Å². The molecule has 86 valence electrons. The first kappa shape index (κ1) is 13.3. The van der Waals surface area contributed by atoms with Crippen molar-refractivity contribution >= 4 is 35.7 Å². The van der Waals surface area contributed by atoms with Crippen molar-refractivity contribution in [1.29, 1.82) is 5.26 Å². The van der Waals surface area contributed by atoms with Crippen LogP contribution < -0.4 is 0 Å². The van der Waals surface area contributed by atoms with E-state index in [1.54, 1.807) is 0 Å². The summed E-state index contributed by atoms with van der Waals surface area (Å²) in [5.41, 5.74) is -1.18. The van der Waals surface area contributed by atoms with Gasteiger partial charge in [0.25, 0.3) is 15.5 Å². The third-order valence-corrected chi connectivity index (χ3v) is 3.40. The molecule has 16 heavy (non-hydrogen) atoms. The fourth-order valence-electron chi connectivity index (χ4n) is 0.943. The zero-order valence-electron chi connectivity index (χ0n) is 7.29. The highest BCUT2D eigenvalue weighted by molar-refractivity contribution is 9.10. The highest BCUT2D eigenvalue weighted by atomic mass is 79.9. The van der Waals surface area contributed by atoms with Gasteiger partial charge >= 0.3 is 0 Å². The molecular formula is C7H2BrClF2N2O2S. The molecular weight excluding hydrogens is 330 g/mol. The van der Waals surface area contributed by atoms with Gasteiger partial charge in [0.2, 0.25) is 0 Å². The number of alkyl halides is 2. The first-order valence-corrected chi connectivity index (χ1v) is 6.71. The molecule has 0 saturated heterocycles. The Balaban J connectivity index is 3.69. The predicted octanol–water partition coefficient (Wildman–Crippen LogP) is 2.58. The molecule has 1 heterocycles. The van der Waals surface area contributed by atoms with Crippen molar-refractivity contribution < 1.29 is 17.2 Å².